The Bertz CT molecular complexity index is 325. The standard InChI is InChI=1S/C11H14OS/c1-8-5-10(7-13-8)9-3-2-4-11(12)6-9/h5-7,11-12H,2-4H2,1H3. The van der Waals surface area contributed by atoms with E-state index in [0.717, 1.165) is 19.3 Å². The molecule has 2 rings (SSSR count). The highest BCUT2D eigenvalue weighted by molar-refractivity contribution is 7.10. The quantitative estimate of drug-likeness (QED) is 0.728. The van der Waals surface area contributed by atoms with Gasteiger partial charge in [0.2, 0.25) is 0 Å². The molecule has 1 heterocycles. The average molecular weight is 194 g/mol. The Kier molecular flexibility index (Phi) is 2.51. The predicted octanol–water partition coefficient (Wildman–Crippen LogP) is 2.98. The number of allylic oxidation sites excluding steroid dienone is 1. The van der Waals surface area contributed by atoms with Gasteiger partial charge >= 0.3 is 0 Å². The lowest BCUT2D eigenvalue weighted by atomic mass is 9.94. The first-order valence-electron chi connectivity index (χ1n) is 4.70. The molecule has 1 aromatic heterocycles. The Morgan fingerprint density at radius 1 is 1.54 bits per heavy atom. The molecule has 0 saturated heterocycles. The van der Waals surface area contributed by atoms with Crippen molar-refractivity contribution in [3.05, 3.63) is 28.0 Å². The van der Waals surface area contributed by atoms with E-state index in [4.69, 9.17) is 0 Å². The normalized spacial score (nSPS) is 22.9. The molecule has 0 amide bonds. The van der Waals surface area contributed by atoms with Gasteiger partial charge in [0.15, 0.2) is 0 Å². The zero-order valence-corrected chi connectivity index (χ0v) is 8.60. The lowest BCUT2D eigenvalue weighted by Crippen LogP contribution is -2.07. The molecular formula is C11H14OS. The first kappa shape index (κ1) is 8.97. The van der Waals surface area contributed by atoms with Crippen molar-refractivity contribution in [2.24, 2.45) is 0 Å². The number of aryl methyl sites for hydroxylation is 1. The van der Waals surface area contributed by atoms with E-state index in [9.17, 15) is 5.11 Å². The molecule has 0 spiro atoms. The Hall–Kier alpha value is -0.600. The van der Waals surface area contributed by atoms with E-state index in [1.54, 1.807) is 11.3 Å². The molecule has 2 heteroatoms. The van der Waals surface area contributed by atoms with Crippen LogP contribution < -0.4 is 0 Å². The van der Waals surface area contributed by atoms with Crippen LogP contribution in [0.3, 0.4) is 0 Å². The van der Waals surface area contributed by atoms with Crippen LogP contribution in [-0.4, -0.2) is 11.2 Å². The second-order valence-electron chi connectivity index (χ2n) is 3.60. The van der Waals surface area contributed by atoms with E-state index < -0.39 is 0 Å². The number of hydrogen-bond donors (Lipinski definition) is 1. The third kappa shape index (κ3) is 2.01. The predicted molar refractivity (Wildman–Crippen MR) is 56.9 cm³/mol. The summed E-state index contributed by atoms with van der Waals surface area (Å²) in [5.74, 6) is 0. The van der Waals surface area contributed by atoms with Crippen molar-refractivity contribution in [3.8, 4) is 0 Å². The molecule has 0 bridgehead atoms. The Balaban J connectivity index is 2.25. The minimum Gasteiger partial charge on any atom is -0.389 e. The van der Waals surface area contributed by atoms with E-state index >= 15 is 0 Å². The fourth-order valence-corrected chi connectivity index (χ4v) is 2.48. The van der Waals surface area contributed by atoms with Crippen LogP contribution in [0.4, 0.5) is 0 Å². The van der Waals surface area contributed by atoms with Crippen LogP contribution in [-0.2, 0) is 0 Å². The summed E-state index contributed by atoms with van der Waals surface area (Å²) in [6.07, 6.45) is 4.94. The highest BCUT2D eigenvalue weighted by atomic mass is 32.1. The van der Waals surface area contributed by atoms with Crippen molar-refractivity contribution in [1.82, 2.24) is 0 Å². The van der Waals surface area contributed by atoms with E-state index in [0.29, 0.717) is 0 Å². The van der Waals surface area contributed by atoms with Gasteiger partial charge in [-0.15, -0.1) is 11.3 Å². The SMILES string of the molecule is Cc1cc(C2=CC(O)CCC2)cs1. The highest BCUT2D eigenvalue weighted by Gasteiger charge is 2.12. The maximum atomic E-state index is 9.47. The van der Waals surface area contributed by atoms with Gasteiger partial charge < -0.3 is 5.11 Å². The van der Waals surface area contributed by atoms with Crippen molar-refractivity contribution in [3.63, 3.8) is 0 Å². The molecule has 0 fully saturated rings. The van der Waals surface area contributed by atoms with Gasteiger partial charge in [0.05, 0.1) is 6.10 Å². The second kappa shape index (κ2) is 3.64. The lowest BCUT2D eigenvalue weighted by molar-refractivity contribution is 0.206. The molecule has 1 aromatic rings. The number of rotatable bonds is 1. The zero-order chi connectivity index (χ0) is 9.26. The summed E-state index contributed by atoms with van der Waals surface area (Å²) < 4.78 is 0. The van der Waals surface area contributed by atoms with Gasteiger partial charge in [-0.2, -0.15) is 0 Å². The molecule has 1 unspecified atom stereocenters. The molecule has 0 radical (unpaired) electrons. The first-order chi connectivity index (χ1) is 6.25. The summed E-state index contributed by atoms with van der Waals surface area (Å²) in [6, 6.07) is 2.20. The number of thiophene rings is 1. The second-order valence-corrected chi connectivity index (χ2v) is 4.71. The number of aliphatic hydroxyl groups excluding tert-OH is 1. The minimum atomic E-state index is -0.219. The monoisotopic (exact) mass is 194 g/mol. The number of hydrogen-bond acceptors (Lipinski definition) is 2. The molecule has 70 valence electrons. The average Bonchev–Trinajstić information content (AvgIpc) is 2.52. The minimum absolute atomic E-state index is 0.219. The van der Waals surface area contributed by atoms with Crippen molar-refractivity contribution in [2.75, 3.05) is 0 Å². The van der Waals surface area contributed by atoms with Crippen molar-refractivity contribution >= 4 is 16.9 Å². The summed E-state index contributed by atoms with van der Waals surface area (Å²) in [5, 5.41) is 11.7. The van der Waals surface area contributed by atoms with Gasteiger partial charge in [-0.25, -0.2) is 0 Å². The summed E-state index contributed by atoms with van der Waals surface area (Å²) in [6.45, 7) is 2.12. The molecular weight excluding hydrogens is 180 g/mol. The molecule has 0 aliphatic heterocycles. The molecule has 13 heavy (non-hydrogen) atoms. The van der Waals surface area contributed by atoms with Crippen LogP contribution in [0.15, 0.2) is 17.5 Å². The molecule has 0 saturated carbocycles. The van der Waals surface area contributed by atoms with Gasteiger partial charge in [0.25, 0.3) is 0 Å². The summed E-state index contributed by atoms with van der Waals surface area (Å²) in [7, 11) is 0. The fraction of sp³-hybridized carbons (Fsp3) is 0.455. The molecule has 1 aliphatic rings. The van der Waals surface area contributed by atoms with Gasteiger partial charge in [0.1, 0.15) is 0 Å². The number of aliphatic hydroxyl groups is 1. The van der Waals surface area contributed by atoms with E-state index in [1.165, 1.54) is 16.0 Å². The summed E-state index contributed by atoms with van der Waals surface area (Å²) in [4.78, 5) is 1.34. The maximum Gasteiger partial charge on any atom is 0.0726 e. The molecule has 1 N–H and O–H groups in total. The van der Waals surface area contributed by atoms with Crippen LogP contribution >= 0.6 is 11.3 Å². The van der Waals surface area contributed by atoms with Crippen LogP contribution in [0.5, 0.6) is 0 Å². The topological polar surface area (TPSA) is 20.2 Å². The van der Waals surface area contributed by atoms with E-state index in [1.807, 2.05) is 6.08 Å². The van der Waals surface area contributed by atoms with E-state index in [2.05, 4.69) is 18.4 Å². The van der Waals surface area contributed by atoms with Crippen molar-refractivity contribution < 1.29 is 5.11 Å². The molecule has 1 nitrogen and oxygen atoms in total. The summed E-state index contributed by atoms with van der Waals surface area (Å²) >= 11 is 1.78. The van der Waals surface area contributed by atoms with Crippen molar-refractivity contribution in [2.45, 2.75) is 32.3 Å². The Morgan fingerprint density at radius 2 is 2.38 bits per heavy atom. The zero-order valence-electron chi connectivity index (χ0n) is 7.79. The van der Waals surface area contributed by atoms with Crippen LogP contribution in [0, 0.1) is 6.92 Å². The van der Waals surface area contributed by atoms with Gasteiger partial charge in [-0.1, -0.05) is 6.08 Å². The maximum absolute atomic E-state index is 9.47. The van der Waals surface area contributed by atoms with Crippen LogP contribution in [0.25, 0.3) is 5.57 Å². The largest absolute Gasteiger partial charge is 0.389 e. The smallest absolute Gasteiger partial charge is 0.0726 e. The Morgan fingerprint density at radius 3 is 3.00 bits per heavy atom. The molecule has 1 aliphatic carbocycles. The Labute approximate surface area is 82.7 Å². The summed E-state index contributed by atoms with van der Waals surface area (Å²) in [5.41, 5.74) is 2.63. The van der Waals surface area contributed by atoms with Gasteiger partial charge in [-0.05, 0) is 48.8 Å². The third-order valence-electron chi connectivity index (χ3n) is 2.44. The van der Waals surface area contributed by atoms with Crippen LogP contribution in [0.1, 0.15) is 29.7 Å². The highest BCUT2D eigenvalue weighted by Crippen LogP contribution is 2.29. The van der Waals surface area contributed by atoms with E-state index in [-0.39, 0.29) is 6.10 Å². The van der Waals surface area contributed by atoms with Crippen molar-refractivity contribution in [1.29, 1.82) is 0 Å². The lowest BCUT2D eigenvalue weighted by Gasteiger charge is -2.15. The molecule has 1 atom stereocenters. The molecule has 0 aromatic carbocycles. The van der Waals surface area contributed by atoms with Gasteiger partial charge in [-0.3, -0.25) is 0 Å². The third-order valence-corrected chi connectivity index (χ3v) is 3.30. The van der Waals surface area contributed by atoms with Gasteiger partial charge in [0, 0.05) is 4.88 Å². The van der Waals surface area contributed by atoms with Crippen LogP contribution in [0.2, 0.25) is 0 Å². The first-order valence-corrected chi connectivity index (χ1v) is 5.58. The fourth-order valence-electron chi connectivity index (χ4n) is 1.75.